The molecule has 0 saturated carbocycles. The molecule has 0 unspecified atom stereocenters. The van der Waals surface area contributed by atoms with Crippen LogP contribution in [0.3, 0.4) is 0 Å². The Morgan fingerprint density at radius 3 is 2.39 bits per heavy atom. The van der Waals surface area contributed by atoms with E-state index in [-0.39, 0.29) is 11.3 Å². The van der Waals surface area contributed by atoms with Crippen molar-refractivity contribution in [1.29, 1.82) is 0 Å². The quantitative estimate of drug-likeness (QED) is 0.809. The monoisotopic (exact) mass is 241 g/mol. The smallest absolute Gasteiger partial charge is 0.336 e. The molecule has 0 atom stereocenters. The number of carbonyl (C=O) groups is 1. The summed E-state index contributed by atoms with van der Waals surface area (Å²) in [6.07, 6.45) is 3.09. The van der Waals surface area contributed by atoms with Crippen molar-refractivity contribution >= 4 is 17.6 Å². The predicted molar refractivity (Wildman–Crippen MR) is 67.9 cm³/mol. The maximum Gasteiger partial charge on any atom is 0.336 e. The van der Waals surface area contributed by atoms with Gasteiger partial charge in [-0.15, -0.1) is 0 Å². The molecule has 0 fully saturated rings. The van der Waals surface area contributed by atoms with Crippen LogP contribution in [-0.2, 0) is 4.79 Å². The number of carboxylic acids is 1. The first-order chi connectivity index (χ1) is 8.66. The van der Waals surface area contributed by atoms with Gasteiger partial charge in [-0.3, -0.25) is 4.98 Å². The van der Waals surface area contributed by atoms with Crippen molar-refractivity contribution in [3.05, 3.63) is 59.9 Å². The molecule has 0 amide bonds. The maximum absolute atomic E-state index is 11.2. The fourth-order valence-corrected chi connectivity index (χ4v) is 1.52. The lowest BCUT2D eigenvalue weighted by Gasteiger charge is -2.03. The molecule has 2 aromatic rings. The molecule has 0 aliphatic heterocycles. The molecule has 2 rings (SSSR count). The first-order valence-corrected chi connectivity index (χ1v) is 5.32. The summed E-state index contributed by atoms with van der Waals surface area (Å²) < 4.78 is 0. The van der Waals surface area contributed by atoms with Crippen LogP contribution in [0.25, 0.3) is 11.6 Å². The van der Waals surface area contributed by atoms with Gasteiger partial charge in [0.1, 0.15) is 5.75 Å². The van der Waals surface area contributed by atoms with Gasteiger partial charge in [0.2, 0.25) is 0 Å². The first-order valence-electron chi connectivity index (χ1n) is 5.32. The van der Waals surface area contributed by atoms with E-state index in [0.717, 1.165) is 0 Å². The second kappa shape index (κ2) is 5.14. The minimum atomic E-state index is -1.04. The standard InChI is InChI=1S/C14H11NO3/c16-12-6-4-10(5-7-12)13(14(17)18)9-11-3-1-2-8-15-11/h1-9,16H,(H,17,18)/b13-9-. The molecule has 2 N–H and O–H groups in total. The summed E-state index contributed by atoms with van der Waals surface area (Å²) in [4.78, 5) is 15.3. The molecule has 0 aliphatic rings. The highest BCUT2D eigenvalue weighted by atomic mass is 16.4. The summed E-state index contributed by atoms with van der Waals surface area (Å²) in [5.74, 6) is -0.937. The number of pyridine rings is 1. The zero-order valence-corrected chi connectivity index (χ0v) is 9.45. The van der Waals surface area contributed by atoms with Crippen LogP contribution in [0.5, 0.6) is 5.75 Å². The van der Waals surface area contributed by atoms with E-state index in [4.69, 9.17) is 0 Å². The highest BCUT2D eigenvalue weighted by molar-refractivity contribution is 6.20. The van der Waals surface area contributed by atoms with Gasteiger partial charge in [-0.25, -0.2) is 4.79 Å². The number of aromatic hydroxyl groups is 1. The van der Waals surface area contributed by atoms with Crippen molar-refractivity contribution in [2.75, 3.05) is 0 Å². The van der Waals surface area contributed by atoms with Gasteiger partial charge in [-0.1, -0.05) is 18.2 Å². The Morgan fingerprint density at radius 1 is 1.11 bits per heavy atom. The molecule has 4 heteroatoms. The van der Waals surface area contributed by atoms with E-state index in [9.17, 15) is 15.0 Å². The topological polar surface area (TPSA) is 70.4 Å². The van der Waals surface area contributed by atoms with E-state index in [1.807, 2.05) is 0 Å². The number of rotatable bonds is 3. The van der Waals surface area contributed by atoms with Crippen LogP contribution in [0.1, 0.15) is 11.3 Å². The van der Waals surface area contributed by atoms with Crippen LogP contribution in [0.15, 0.2) is 48.7 Å². The molecule has 1 aromatic heterocycles. The molecule has 0 radical (unpaired) electrons. The number of carboxylic acid groups (broad SMARTS) is 1. The Kier molecular flexibility index (Phi) is 3.38. The van der Waals surface area contributed by atoms with Crippen LogP contribution < -0.4 is 0 Å². The zero-order chi connectivity index (χ0) is 13.0. The van der Waals surface area contributed by atoms with Gasteiger partial charge in [0.15, 0.2) is 0 Å². The molecule has 90 valence electrons. The SMILES string of the molecule is O=C(O)/C(=C\c1ccccn1)c1ccc(O)cc1. The number of aromatic nitrogens is 1. The van der Waals surface area contributed by atoms with Gasteiger partial charge < -0.3 is 10.2 Å². The highest BCUT2D eigenvalue weighted by Crippen LogP contribution is 2.20. The van der Waals surface area contributed by atoms with E-state index in [1.165, 1.54) is 18.2 Å². The van der Waals surface area contributed by atoms with E-state index >= 15 is 0 Å². The largest absolute Gasteiger partial charge is 0.508 e. The predicted octanol–water partition coefficient (Wildman–Crippen LogP) is 2.41. The normalized spacial score (nSPS) is 11.2. The van der Waals surface area contributed by atoms with Gasteiger partial charge in [0.05, 0.1) is 11.3 Å². The summed E-state index contributed by atoms with van der Waals surface area (Å²) in [7, 11) is 0. The molecule has 0 saturated heterocycles. The molecule has 1 aromatic carbocycles. The summed E-state index contributed by atoms with van der Waals surface area (Å²) in [6.45, 7) is 0. The van der Waals surface area contributed by atoms with Crippen molar-refractivity contribution in [3.8, 4) is 5.75 Å². The first kappa shape index (κ1) is 11.9. The van der Waals surface area contributed by atoms with E-state index < -0.39 is 5.97 Å². The lowest BCUT2D eigenvalue weighted by molar-refractivity contribution is -0.130. The fraction of sp³-hybridized carbons (Fsp3) is 0. The second-order valence-electron chi connectivity index (χ2n) is 3.66. The maximum atomic E-state index is 11.2. The average Bonchev–Trinajstić information content (AvgIpc) is 2.38. The van der Waals surface area contributed by atoms with Crippen LogP contribution in [0.4, 0.5) is 0 Å². The van der Waals surface area contributed by atoms with Crippen LogP contribution >= 0.6 is 0 Å². The molecule has 1 heterocycles. The van der Waals surface area contributed by atoms with Gasteiger partial charge in [-0.2, -0.15) is 0 Å². The number of phenolic OH excluding ortho intramolecular Hbond substituents is 1. The van der Waals surface area contributed by atoms with Gasteiger partial charge in [0, 0.05) is 6.20 Å². The molecular weight excluding hydrogens is 230 g/mol. The Labute approximate surface area is 104 Å². The fourth-order valence-electron chi connectivity index (χ4n) is 1.52. The van der Waals surface area contributed by atoms with Crippen molar-refractivity contribution < 1.29 is 15.0 Å². The van der Waals surface area contributed by atoms with E-state index in [1.54, 1.807) is 36.5 Å². The summed E-state index contributed by atoms with van der Waals surface area (Å²) in [5.41, 5.74) is 1.22. The number of hydrogen-bond acceptors (Lipinski definition) is 3. The minimum Gasteiger partial charge on any atom is -0.508 e. The third-order valence-electron chi connectivity index (χ3n) is 2.39. The van der Waals surface area contributed by atoms with Gasteiger partial charge in [-0.05, 0) is 35.9 Å². The van der Waals surface area contributed by atoms with Crippen LogP contribution in [0.2, 0.25) is 0 Å². The summed E-state index contributed by atoms with van der Waals surface area (Å²) >= 11 is 0. The molecule has 4 nitrogen and oxygen atoms in total. The molecule has 0 bridgehead atoms. The Bertz CT molecular complexity index is 574. The zero-order valence-electron chi connectivity index (χ0n) is 9.45. The Balaban J connectivity index is 2.44. The summed E-state index contributed by atoms with van der Waals surface area (Å²) in [5, 5.41) is 18.4. The minimum absolute atomic E-state index is 0.0984. The molecular formula is C14H11NO3. The van der Waals surface area contributed by atoms with Crippen molar-refractivity contribution in [2.24, 2.45) is 0 Å². The lowest BCUT2D eigenvalue weighted by atomic mass is 10.0. The molecule has 0 aliphatic carbocycles. The number of hydrogen-bond donors (Lipinski definition) is 2. The summed E-state index contributed by atoms with van der Waals surface area (Å²) in [6, 6.07) is 11.3. The average molecular weight is 241 g/mol. The number of benzene rings is 1. The Morgan fingerprint density at radius 2 is 1.83 bits per heavy atom. The van der Waals surface area contributed by atoms with Crippen molar-refractivity contribution in [2.45, 2.75) is 0 Å². The molecule has 0 spiro atoms. The third-order valence-corrected chi connectivity index (χ3v) is 2.39. The second-order valence-corrected chi connectivity index (χ2v) is 3.66. The number of aliphatic carboxylic acids is 1. The molecule has 18 heavy (non-hydrogen) atoms. The van der Waals surface area contributed by atoms with Crippen LogP contribution in [0, 0.1) is 0 Å². The Hall–Kier alpha value is -2.62. The lowest BCUT2D eigenvalue weighted by Crippen LogP contribution is -1.99. The third kappa shape index (κ3) is 2.74. The van der Waals surface area contributed by atoms with Crippen molar-refractivity contribution in [3.63, 3.8) is 0 Å². The van der Waals surface area contributed by atoms with Crippen LogP contribution in [-0.4, -0.2) is 21.2 Å². The van der Waals surface area contributed by atoms with Gasteiger partial charge >= 0.3 is 5.97 Å². The highest BCUT2D eigenvalue weighted by Gasteiger charge is 2.10. The number of nitrogens with zero attached hydrogens (tertiary/aromatic N) is 1. The van der Waals surface area contributed by atoms with E-state index in [2.05, 4.69) is 4.98 Å². The van der Waals surface area contributed by atoms with Gasteiger partial charge in [0.25, 0.3) is 0 Å². The van der Waals surface area contributed by atoms with Crippen molar-refractivity contribution in [1.82, 2.24) is 4.98 Å². The van der Waals surface area contributed by atoms with E-state index in [0.29, 0.717) is 11.3 Å². The number of phenols is 1.